The molecular formula is C37H34FNO2. The lowest BCUT2D eigenvalue weighted by atomic mass is 9.81. The molecule has 0 spiro atoms. The van der Waals surface area contributed by atoms with Crippen LogP contribution in [-0.4, -0.2) is 35.8 Å². The first kappa shape index (κ1) is 27.1. The Morgan fingerprint density at radius 2 is 1.37 bits per heavy atom. The molecule has 4 heteroatoms. The number of ether oxygens (including phenoxy) is 1. The minimum absolute atomic E-state index is 0.0961. The monoisotopic (exact) mass is 543 g/mol. The molecule has 1 N–H and O–H groups in total. The van der Waals surface area contributed by atoms with Crippen molar-refractivity contribution in [2.75, 3.05) is 19.7 Å². The number of hydrogen-bond donors (Lipinski definition) is 1. The molecule has 41 heavy (non-hydrogen) atoms. The van der Waals surface area contributed by atoms with E-state index in [1.165, 1.54) is 5.56 Å². The van der Waals surface area contributed by atoms with Gasteiger partial charge in [-0.05, 0) is 39.4 Å². The van der Waals surface area contributed by atoms with Gasteiger partial charge in [0, 0.05) is 31.6 Å². The van der Waals surface area contributed by atoms with E-state index in [0.717, 1.165) is 35.3 Å². The zero-order chi connectivity index (χ0) is 28.1. The van der Waals surface area contributed by atoms with E-state index in [1.807, 2.05) is 103 Å². The Labute approximate surface area is 241 Å². The molecule has 0 aromatic heterocycles. The number of aliphatic hydroxyl groups is 1. The molecule has 2 unspecified atom stereocenters. The summed E-state index contributed by atoms with van der Waals surface area (Å²) < 4.78 is 22.6. The molecule has 1 heterocycles. The topological polar surface area (TPSA) is 32.7 Å². The number of hydrogen-bond acceptors (Lipinski definition) is 3. The quantitative estimate of drug-likeness (QED) is 0.220. The van der Waals surface area contributed by atoms with Gasteiger partial charge in [-0.3, -0.25) is 4.90 Å². The lowest BCUT2D eigenvalue weighted by Gasteiger charge is -2.42. The van der Waals surface area contributed by atoms with Gasteiger partial charge in [-0.2, -0.15) is 0 Å². The van der Waals surface area contributed by atoms with Crippen LogP contribution in [0.1, 0.15) is 16.7 Å². The molecule has 1 aliphatic rings. The van der Waals surface area contributed by atoms with Crippen LogP contribution in [-0.2, 0) is 23.3 Å². The summed E-state index contributed by atoms with van der Waals surface area (Å²) in [5, 5.41) is 12.4. The molecule has 1 aliphatic heterocycles. The molecule has 6 rings (SSSR count). The fraction of sp³-hybridized carbons (Fsp3) is 0.189. The molecule has 1 fully saturated rings. The first-order valence-corrected chi connectivity index (χ1v) is 14.2. The Kier molecular flexibility index (Phi) is 8.06. The fourth-order valence-corrected chi connectivity index (χ4v) is 5.83. The number of rotatable bonds is 8. The molecule has 5 aromatic carbocycles. The molecule has 5 aromatic rings. The highest BCUT2D eigenvalue weighted by Gasteiger charge is 2.42. The van der Waals surface area contributed by atoms with Crippen LogP contribution in [0.25, 0.3) is 22.3 Å². The predicted molar refractivity (Wildman–Crippen MR) is 163 cm³/mol. The highest BCUT2D eigenvalue weighted by molar-refractivity contribution is 5.73. The van der Waals surface area contributed by atoms with Crippen molar-refractivity contribution in [2.24, 2.45) is 0 Å². The summed E-state index contributed by atoms with van der Waals surface area (Å²) in [6.45, 7) is 2.59. The van der Waals surface area contributed by atoms with E-state index in [-0.39, 0.29) is 12.2 Å². The van der Waals surface area contributed by atoms with E-state index >= 15 is 4.39 Å². The maximum atomic E-state index is 16.3. The maximum absolute atomic E-state index is 16.3. The maximum Gasteiger partial charge on any atom is 0.134 e. The average Bonchev–Trinajstić information content (AvgIpc) is 3.03. The first-order valence-electron chi connectivity index (χ1n) is 14.2. The van der Waals surface area contributed by atoms with Gasteiger partial charge in [-0.1, -0.05) is 127 Å². The normalized spacial score (nSPS) is 17.2. The standard InChI is InChI=1S/C37H34FNO2/c38-36-32(18-11-21-34(36)31-17-10-16-30(24-31)29-14-6-2-7-15-29)25-37(40,33-19-8-3-9-20-33)35-27-39(22-23-41-35)26-28-12-4-1-5-13-28/h1-21,24,35,40H,22-23,25-27H2. The van der Waals surface area contributed by atoms with E-state index in [4.69, 9.17) is 4.74 Å². The smallest absolute Gasteiger partial charge is 0.134 e. The van der Waals surface area contributed by atoms with Gasteiger partial charge in [-0.25, -0.2) is 4.39 Å². The van der Waals surface area contributed by atoms with Gasteiger partial charge in [0.2, 0.25) is 0 Å². The van der Waals surface area contributed by atoms with Crippen molar-refractivity contribution in [1.82, 2.24) is 4.90 Å². The third kappa shape index (κ3) is 6.01. The van der Waals surface area contributed by atoms with Gasteiger partial charge in [0.15, 0.2) is 0 Å². The predicted octanol–water partition coefficient (Wildman–Crippen LogP) is 7.49. The van der Waals surface area contributed by atoms with Crippen LogP contribution in [0.4, 0.5) is 4.39 Å². The second kappa shape index (κ2) is 12.2. The number of nitrogens with zero attached hydrogens (tertiary/aromatic N) is 1. The number of halogens is 1. The van der Waals surface area contributed by atoms with E-state index in [0.29, 0.717) is 24.3 Å². The molecule has 1 saturated heterocycles. The Morgan fingerprint density at radius 1 is 0.732 bits per heavy atom. The fourth-order valence-electron chi connectivity index (χ4n) is 5.83. The van der Waals surface area contributed by atoms with Crippen molar-refractivity contribution in [3.63, 3.8) is 0 Å². The largest absolute Gasteiger partial charge is 0.382 e. The highest BCUT2D eigenvalue weighted by Crippen LogP contribution is 2.36. The van der Waals surface area contributed by atoms with Crippen molar-refractivity contribution in [1.29, 1.82) is 0 Å². The summed E-state index contributed by atoms with van der Waals surface area (Å²) in [4.78, 5) is 2.30. The third-order valence-electron chi connectivity index (χ3n) is 8.03. The van der Waals surface area contributed by atoms with Gasteiger partial charge in [0.1, 0.15) is 17.5 Å². The third-order valence-corrected chi connectivity index (χ3v) is 8.03. The van der Waals surface area contributed by atoms with Crippen LogP contribution in [0.5, 0.6) is 0 Å². The molecule has 0 aliphatic carbocycles. The zero-order valence-electron chi connectivity index (χ0n) is 23.0. The van der Waals surface area contributed by atoms with Gasteiger partial charge in [-0.15, -0.1) is 0 Å². The van der Waals surface area contributed by atoms with Gasteiger partial charge >= 0.3 is 0 Å². The second-order valence-electron chi connectivity index (χ2n) is 10.8. The Balaban J connectivity index is 1.32. The molecule has 0 amide bonds. The summed E-state index contributed by atoms with van der Waals surface area (Å²) >= 11 is 0. The summed E-state index contributed by atoms with van der Waals surface area (Å²) in [5.74, 6) is -0.316. The van der Waals surface area contributed by atoms with Crippen LogP contribution in [0.3, 0.4) is 0 Å². The van der Waals surface area contributed by atoms with Crippen molar-refractivity contribution < 1.29 is 14.2 Å². The number of benzene rings is 5. The van der Waals surface area contributed by atoms with Crippen LogP contribution in [0, 0.1) is 5.82 Å². The number of morpholine rings is 1. The molecule has 0 radical (unpaired) electrons. The SMILES string of the molecule is OC(Cc1cccc(-c2cccc(-c3ccccc3)c2)c1F)(c1ccccc1)C1CN(Cc2ccccc2)CCO1. The van der Waals surface area contributed by atoms with Gasteiger partial charge in [0.05, 0.1) is 6.61 Å². The minimum atomic E-state index is -1.41. The van der Waals surface area contributed by atoms with Crippen LogP contribution < -0.4 is 0 Å². The first-order chi connectivity index (χ1) is 20.1. The molecule has 0 saturated carbocycles. The Hall–Kier alpha value is -4.09. The van der Waals surface area contributed by atoms with Gasteiger partial charge < -0.3 is 9.84 Å². The minimum Gasteiger partial charge on any atom is -0.382 e. The van der Waals surface area contributed by atoms with E-state index < -0.39 is 11.7 Å². The summed E-state index contributed by atoms with van der Waals surface area (Å²) in [6.07, 6.45) is -0.425. The van der Waals surface area contributed by atoms with E-state index in [2.05, 4.69) is 29.2 Å². The lowest BCUT2D eigenvalue weighted by molar-refractivity contribution is -0.150. The molecule has 3 nitrogen and oxygen atoms in total. The second-order valence-corrected chi connectivity index (χ2v) is 10.8. The molecule has 2 atom stereocenters. The van der Waals surface area contributed by atoms with Crippen molar-refractivity contribution in [2.45, 2.75) is 24.7 Å². The van der Waals surface area contributed by atoms with Crippen molar-refractivity contribution in [3.8, 4) is 22.3 Å². The lowest BCUT2D eigenvalue weighted by Crippen LogP contribution is -2.53. The van der Waals surface area contributed by atoms with Crippen LogP contribution in [0.15, 0.2) is 133 Å². The van der Waals surface area contributed by atoms with E-state index in [9.17, 15) is 5.11 Å². The van der Waals surface area contributed by atoms with Crippen molar-refractivity contribution >= 4 is 0 Å². The summed E-state index contributed by atoms with van der Waals surface area (Å²) in [6, 6.07) is 43.4. The van der Waals surface area contributed by atoms with Gasteiger partial charge in [0.25, 0.3) is 0 Å². The molecular weight excluding hydrogens is 509 g/mol. The van der Waals surface area contributed by atoms with Crippen LogP contribution >= 0.6 is 0 Å². The summed E-state index contributed by atoms with van der Waals surface area (Å²) in [5.41, 5.74) is 4.42. The summed E-state index contributed by atoms with van der Waals surface area (Å²) in [7, 11) is 0. The molecule has 0 bridgehead atoms. The molecule has 206 valence electrons. The van der Waals surface area contributed by atoms with E-state index in [1.54, 1.807) is 6.07 Å². The Morgan fingerprint density at radius 3 is 2.12 bits per heavy atom. The average molecular weight is 544 g/mol. The Bertz CT molecular complexity index is 1580. The highest BCUT2D eigenvalue weighted by atomic mass is 19.1. The van der Waals surface area contributed by atoms with Crippen molar-refractivity contribution in [3.05, 3.63) is 156 Å². The zero-order valence-corrected chi connectivity index (χ0v) is 23.0. The van der Waals surface area contributed by atoms with Crippen LogP contribution in [0.2, 0.25) is 0 Å².